The molecule has 0 rings (SSSR count). The van der Waals surface area contributed by atoms with Crippen molar-refractivity contribution in [2.75, 3.05) is 0 Å². The van der Waals surface area contributed by atoms with Crippen molar-refractivity contribution in [1.82, 2.24) is 0 Å². The fraction of sp³-hybridized carbons (Fsp3) is 0.667. The molecule has 3 heteroatoms. The Labute approximate surface area is 53.4 Å². The minimum Gasteiger partial charge on any atom is -0.219 e. The van der Waals surface area contributed by atoms with Gasteiger partial charge < -0.3 is 0 Å². The summed E-state index contributed by atoms with van der Waals surface area (Å²) in [7, 11) is 0. The molecular weight excluding hydrogens is 215 g/mol. The fourth-order valence-corrected chi connectivity index (χ4v) is 0. The number of hydrogen-bond acceptors (Lipinski definition) is 0. The lowest BCUT2D eigenvalue weighted by atomic mass is 10.6. The van der Waals surface area contributed by atoms with Gasteiger partial charge in [-0.1, -0.05) is 0 Å². The number of halogens is 3. The molecule has 0 aliphatic rings. The molecular formula is C3H4Br2F. The second-order valence-corrected chi connectivity index (χ2v) is 4.44. The third-order valence-corrected chi connectivity index (χ3v) is 1.08. The molecule has 0 nitrogen and oxygen atoms in total. The van der Waals surface area contributed by atoms with Crippen molar-refractivity contribution in [2.24, 2.45) is 0 Å². The first kappa shape index (κ1) is 6.89. The average Bonchev–Trinajstić information content (AvgIpc) is 1.35. The molecule has 0 aromatic rings. The van der Waals surface area contributed by atoms with E-state index in [0.29, 0.717) is 0 Å². The molecule has 0 aliphatic heterocycles. The summed E-state index contributed by atoms with van der Waals surface area (Å²) in [6, 6.07) is 0. The predicted octanol–water partition coefficient (Wildman–Crippen LogP) is 2.62. The summed E-state index contributed by atoms with van der Waals surface area (Å²) < 4.78 is 10.4. The summed E-state index contributed by atoms with van der Waals surface area (Å²) >= 11 is 5.33. The van der Waals surface area contributed by atoms with Crippen LogP contribution in [0.1, 0.15) is 6.42 Å². The van der Waals surface area contributed by atoms with Gasteiger partial charge in [-0.3, -0.25) is 0 Å². The standard InChI is InChI=1S/C3H4Br2F/c1-2-3(4,5)6/h1-2H2. The van der Waals surface area contributed by atoms with E-state index >= 15 is 0 Å². The quantitative estimate of drug-likeness (QED) is 0.594. The molecule has 0 saturated carbocycles. The van der Waals surface area contributed by atoms with Crippen LogP contribution < -0.4 is 0 Å². The molecule has 0 spiro atoms. The highest BCUT2D eigenvalue weighted by atomic mass is 79.9. The van der Waals surface area contributed by atoms with E-state index in [2.05, 4.69) is 38.8 Å². The first-order valence-corrected chi connectivity index (χ1v) is 3.01. The molecule has 0 unspecified atom stereocenters. The normalized spacial score (nSPS) is 12.0. The van der Waals surface area contributed by atoms with Crippen LogP contribution in [0, 0.1) is 6.92 Å². The van der Waals surface area contributed by atoms with Gasteiger partial charge in [0.2, 0.25) is 3.49 Å². The lowest BCUT2D eigenvalue weighted by Gasteiger charge is -2.01. The minimum absolute atomic E-state index is 0.188. The maximum atomic E-state index is 11.9. The summed E-state index contributed by atoms with van der Waals surface area (Å²) in [5.41, 5.74) is 0. The van der Waals surface area contributed by atoms with Gasteiger partial charge in [0.05, 0.1) is 0 Å². The zero-order valence-corrected chi connectivity index (χ0v) is 6.22. The van der Waals surface area contributed by atoms with Crippen molar-refractivity contribution in [3.05, 3.63) is 6.92 Å². The molecule has 0 fully saturated rings. The van der Waals surface area contributed by atoms with Crippen molar-refractivity contribution in [2.45, 2.75) is 9.91 Å². The third kappa shape index (κ3) is 4.89. The van der Waals surface area contributed by atoms with Crippen LogP contribution in [0.15, 0.2) is 0 Å². The van der Waals surface area contributed by atoms with Gasteiger partial charge in [-0.2, -0.15) is 0 Å². The Morgan fingerprint density at radius 2 is 1.83 bits per heavy atom. The molecule has 1 radical (unpaired) electrons. The maximum Gasteiger partial charge on any atom is 0.218 e. The van der Waals surface area contributed by atoms with Gasteiger partial charge in [-0.15, -0.1) is 0 Å². The van der Waals surface area contributed by atoms with Crippen molar-refractivity contribution in [3.63, 3.8) is 0 Å². The highest BCUT2D eigenvalue weighted by molar-refractivity contribution is 9.25. The molecule has 0 aromatic carbocycles. The van der Waals surface area contributed by atoms with Gasteiger partial charge in [0, 0.05) is 6.42 Å². The second kappa shape index (κ2) is 2.26. The predicted molar refractivity (Wildman–Crippen MR) is 31.7 cm³/mol. The number of alkyl halides is 3. The summed E-state index contributed by atoms with van der Waals surface area (Å²) in [5.74, 6) is 0. The molecule has 6 heavy (non-hydrogen) atoms. The van der Waals surface area contributed by atoms with E-state index in [4.69, 9.17) is 0 Å². The molecule has 0 saturated heterocycles. The Hall–Kier alpha value is 0.890. The van der Waals surface area contributed by atoms with Gasteiger partial charge in [-0.05, 0) is 38.8 Å². The maximum absolute atomic E-state index is 11.9. The lowest BCUT2D eigenvalue weighted by Crippen LogP contribution is -1.96. The van der Waals surface area contributed by atoms with Crippen LogP contribution in [0.3, 0.4) is 0 Å². The Balaban J connectivity index is 3.17. The Kier molecular flexibility index (Phi) is 2.60. The second-order valence-electron chi connectivity index (χ2n) is 0.865. The monoisotopic (exact) mass is 217 g/mol. The van der Waals surface area contributed by atoms with E-state index in [9.17, 15) is 4.39 Å². The van der Waals surface area contributed by atoms with Gasteiger partial charge in [-0.25, -0.2) is 4.39 Å². The van der Waals surface area contributed by atoms with Crippen LogP contribution in [-0.4, -0.2) is 3.49 Å². The van der Waals surface area contributed by atoms with Crippen LogP contribution in [0.25, 0.3) is 0 Å². The van der Waals surface area contributed by atoms with Crippen molar-refractivity contribution in [3.8, 4) is 0 Å². The molecule has 0 aliphatic carbocycles. The Bertz CT molecular complexity index is 38.5. The fourth-order valence-electron chi connectivity index (χ4n) is 0. The highest BCUT2D eigenvalue weighted by Crippen LogP contribution is 2.30. The van der Waals surface area contributed by atoms with Gasteiger partial charge in [0.15, 0.2) is 0 Å². The van der Waals surface area contributed by atoms with E-state index in [-0.39, 0.29) is 6.42 Å². The lowest BCUT2D eigenvalue weighted by molar-refractivity contribution is 0.433. The van der Waals surface area contributed by atoms with Crippen LogP contribution in [0.4, 0.5) is 4.39 Å². The number of hydrogen-bond donors (Lipinski definition) is 0. The van der Waals surface area contributed by atoms with Gasteiger partial charge in [0.25, 0.3) is 0 Å². The van der Waals surface area contributed by atoms with E-state index in [1.807, 2.05) is 0 Å². The van der Waals surface area contributed by atoms with Crippen LogP contribution in [0.5, 0.6) is 0 Å². The van der Waals surface area contributed by atoms with E-state index < -0.39 is 3.49 Å². The summed E-state index contributed by atoms with van der Waals surface area (Å²) in [6.45, 7) is 3.29. The Morgan fingerprint density at radius 1 is 1.67 bits per heavy atom. The minimum atomic E-state index is -1.44. The van der Waals surface area contributed by atoms with Crippen LogP contribution in [0.2, 0.25) is 0 Å². The van der Waals surface area contributed by atoms with Crippen molar-refractivity contribution in [1.29, 1.82) is 0 Å². The molecule has 0 aromatic heterocycles. The SMILES string of the molecule is [CH2]CC(F)(Br)Br. The van der Waals surface area contributed by atoms with E-state index in [1.165, 1.54) is 0 Å². The zero-order valence-electron chi connectivity index (χ0n) is 3.05. The molecule has 0 amide bonds. The molecule has 37 valence electrons. The zero-order chi connectivity index (χ0) is 5.21. The van der Waals surface area contributed by atoms with E-state index in [1.54, 1.807) is 0 Å². The number of rotatable bonds is 1. The molecule has 0 bridgehead atoms. The van der Waals surface area contributed by atoms with E-state index in [0.717, 1.165) is 0 Å². The van der Waals surface area contributed by atoms with Gasteiger partial charge in [0.1, 0.15) is 0 Å². The first-order valence-electron chi connectivity index (χ1n) is 1.42. The van der Waals surface area contributed by atoms with Crippen molar-refractivity contribution >= 4 is 31.9 Å². The molecule has 0 heterocycles. The molecule has 0 N–H and O–H groups in total. The summed E-state index contributed by atoms with van der Waals surface area (Å²) in [6.07, 6.45) is 0.188. The Morgan fingerprint density at radius 3 is 1.83 bits per heavy atom. The summed E-state index contributed by atoms with van der Waals surface area (Å²) in [4.78, 5) is 0. The first-order chi connectivity index (χ1) is 2.56. The van der Waals surface area contributed by atoms with Crippen LogP contribution in [-0.2, 0) is 0 Å². The molecule has 0 atom stereocenters. The average molecular weight is 219 g/mol. The van der Waals surface area contributed by atoms with Gasteiger partial charge >= 0.3 is 0 Å². The third-order valence-electron chi connectivity index (χ3n) is 0.283. The van der Waals surface area contributed by atoms with Crippen LogP contribution >= 0.6 is 31.9 Å². The van der Waals surface area contributed by atoms with Crippen molar-refractivity contribution < 1.29 is 4.39 Å². The largest absolute Gasteiger partial charge is 0.219 e. The topological polar surface area (TPSA) is 0 Å². The highest BCUT2D eigenvalue weighted by Gasteiger charge is 2.15. The smallest absolute Gasteiger partial charge is 0.218 e. The summed E-state index contributed by atoms with van der Waals surface area (Å²) in [5, 5.41) is 0.